The molecule has 0 amide bonds. The van der Waals surface area contributed by atoms with E-state index in [1.807, 2.05) is 6.07 Å². The first-order chi connectivity index (χ1) is 14.0. The summed E-state index contributed by atoms with van der Waals surface area (Å²) in [4.78, 5) is 33.4. The number of nitrogens with one attached hydrogen (secondary N) is 1. The summed E-state index contributed by atoms with van der Waals surface area (Å²) in [5.74, 6) is 0.452. The molecule has 0 radical (unpaired) electrons. The van der Waals surface area contributed by atoms with Crippen LogP contribution in [0.25, 0.3) is 34.0 Å². The van der Waals surface area contributed by atoms with Crippen LogP contribution in [0.1, 0.15) is 0 Å². The molecule has 1 N–H and O–H groups in total. The van der Waals surface area contributed by atoms with Gasteiger partial charge in [0.25, 0.3) is 11.4 Å². The molecule has 2 heterocycles. The number of aromatic amines is 1. The van der Waals surface area contributed by atoms with E-state index in [2.05, 4.69) is 15.0 Å². The lowest BCUT2D eigenvalue weighted by Gasteiger charge is -2.03. The quantitative estimate of drug-likeness (QED) is 0.393. The number of imidazole rings is 1. The van der Waals surface area contributed by atoms with Crippen molar-refractivity contribution in [3.05, 3.63) is 93.2 Å². The van der Waals surface area contributed by atoms with E-state index in [0.717, 1.165) is 0 Å². The Morgan fingerprint density at radius 2 is 1.45 bits per heavy atom. The zero-order valence-corrected chi connectivity index (χ0v) is 14.9. The minimum absolute atomic E-state index is 0.0681. The van der Waals surface area contributed by atoms with Gasteiger partial charge in [0.1, 0.15) is 5.69 Å². The first-order valence-electron chi connectivity index (χ1n) is 8.54. The normalized spacial score (nSPS) is 10.6. The Kier molecular flexibility index (Phi) is 4.54. The highest BCUT2D eigenvalue weighted by Gasteiger charge is 2.19. The molecular formula is C20H13N5O4. The molecule has 4 aromatic rings. The smallest absolute Gasteiger partial charge is 0.270 e. The number of hydrogen-bond acceptors (Lipinski definition) is 6. The fourth-order valence-electron chi connectivity index (χ4n) is 2.96. The van der Waals surface area contributed by atoms with Crippen LogP contribution in [0, 0.1) is 20.2 Å². The summed E-state index contributed by atoms with van der Waals surface area (Å²) in [6.45, 7) is 0. The van der Waals surface area contributed by atoms with Crippen LogP contribution < -0.4 is 0 Å². The molecule has 9 nitrogen and oxygen atoms in total. The second kappa shape index (κ2) is 7.31. The number of nitrogens with zero attached hydrogens (tertiary/aromatic N) is 4. The Balaban J connectivity index is 1.93. The Labute approximate surface area is 164 Å². The number of H-pyrrole nitrogens is 1. The van der Waals surface area contributed by atoms with E-state index in [1.54, 1.807) is 42.6 Å². The van der Waals surface area contributed by atoms with Gasteiger partial charge in [-0.05, 0) is 12.1 Å². The van der Waals surface area contributed by atoms with Crippen molar-refractivity contribution in [2.75, 3.05) is 0 Å². The van der Waals surface area contributed by atoms with Crippen molar-refractivity contribution in [1.29, 1.82) is 0 Å². The van der Waals surface area contributed by atoms with Crippen LogP contribution in [0.5, 0.6) is 0 Å². The number of aromatic nitrogens is 3. The minimum Gasteiger partial charge on any atom is -0.336 e. The summed E-state index contributed by atoms with van der Waals surface area (Å²) in [5.41, 5.74) is 2.44. The number of pyridine rings is 1. The van der Waals surface area contributed by atoms with Crippen molar-refractivity contribution in [2.45, 2.75) is 0 Å². The average molecular weight is 387 g/mol. The standard InChI is InChI=1S/C20H13N5O4/c26-24(27)15-7-3-5-13(11-15)18-19(14-6-4-8-16(12-14)25(28)29)23-20(22-18)17-9-1-2-10-21-17/h1-12H,(H,22,23). The molecule has 0 atom stereocenters. The molecule has 0 saturated heterocycles. The maximum Gasteiger partial charge on any atom is 0.270 e. The lowest BCUT2D eigenvalue weighted by Crippen LogP contribution is -1.91. The van der Waals surface area contributed by atoms with Gasteiger partial charge in [0.05, 0.1) is 21.2 Å². The number of nitro groups is 2. The first kappa shape index (κ1) is 18.0. The van der Waals surface area contributed by atoms with Gasteiger partial charge in [-0.25, -0.2) is 4.98 Å². The molecule has 0 bridgehead atoms. The maximum absolute atomic E-state index is 11.2. The van der Waals surface area contributed by atoms with Crippen LogP contribution in [0.3, 0.4) is 0 Å². The van der Waals surface area contributed by atoms with Crippen molar-refractivity contribution in [1.82, 2.24) is 15.0 Å². The topological polar surface area (TPSA) is 128 Å². The van der Waals surface area contributed by atoms with Crippen LogP contribution in [0.2, 0.25) is 0 Å². The fourth-order valence-corrected chi connectivity index (χ4v) is 2.96. The molecule has 9 heteroatoms. The number of benzene rings is 2. The van der Waals surface area contributed by atoms with E-state index in [9.17, 15) is 20.2 Å². The van der Waals surface area contributed by atoms with E-state index >= 15 is 0 Å². The molecule has 2 aromatic heterocycles. The van der Waals surface area contributed by atoms with Crippen molar-refractivity contribution in [3.8, 4) is 34.0 Å². The number of hydrogen-bond donors (Lipinski definition) is 1. The zero-order chi connectivity index (χ0) is 20.4. The molecule has 0 saturated carbocycles. The monoisotopic (exact) mass is 387 g/mol. The van der Waals surface area contributed by atoms with Gasteiger partial charge in [0.15, 0.2) is 5.82 Å². The van der Waals surface area contributed by atoms with Gasteiger partial charge in [-0.2, -0.15) is 0 Å². The largest absolute Gasteiger partial charge is 0.336 e. The highest BCUT2D eigenvalue weighted by atomic mass is 16.6. The van der Waals surface area contributed by atoms with E-state index in [4.69, 9.17) is 0 Å². The minimum atomic E-state index is -0.483. The Hall–Kier alpha value is -4.40. The summed E-state index contributed by atoms with van der Waals surface area (Å²) in [5, 5.41) is 22.4. The average Bonchev–Trinajstić information content (AvgIpc) is 3.20. The molecule has 0 aliphatic heterocycles. The second-order valence-corrected chi connectivity index (χ2v) is 6.14. The van der Waals surface area contributed by atoms with Crippen LogP contribution in [-0.2, 0) is 0 Å². The molecule has 0 spiro atoms. The number of nitro benzene ring substituents is 2. The molecule has 142 valence electrons. The summed E-state index contributed by atoms with van der Waals surface area (Å²) in [7, 11) is 0. The third-order valence-corrected chi connectivity index (χ3v) is 4.29. The van der Waals surface area contributed by atoms with Crippen molar-refractivity contribution >= 4 is 11.4 Å². The first-order valence-corrected chi connectivity index (χ1v) is 8.54. The number of rotatable bonds is 5. The Bertz CT molecular complexity index is 1150. The molecular weight excluding hydrogens is 374 g/mol. The van der Waals surface area contributed by atoms with Gasteiger partial charge in [-0.1, -0.05) is 30.3 Å². The lowest BCUT2D eigenvalue weighted by molar-refractivity contribution is -0.385. The zero-order valence-electron chi connectivity index (χ0n) is 14.9. The third kappa shape index (κ3) is 3.56. The molecule has 0 aliphatic rings. The molecule has 4 rings (SSSR count). The second-order valence-electron chi connectivity index (χ2n) is 6.14. The van der Waals surface area contributed by atoms with Crippen LogP contribution in [0.15, 0.2) is 72.9 Å². The summed E-state index contributed by atoms with van der Waals surface area (Å²) >= 11 is 0. The number of non-ortho nitro benzene ring substituents is 2. The lowest BCUT2D eigenvalue weighted by atomic mass is 10.0. The third-order valence-electron chi connectivity index (χ3n) is 4.29. The van der Waals surface area contributed by atoms with Gasteiger partial charge in [-0.15, -0.1) is 0 Å². The van der Waals surface area contributed by atoms with Crippen LogP contribution in [0.4, 0.5) is 11.4 Å². The van der Waals surface area contributed by atoms with E-state index in [-0.39, 0.29) is 11.4 Å². The summed E-state index contributed by atoms with van der Waals surface area (Å²) in [6.07, 6.45) is 1.62. The Morgan fingerprint density at radius 3 is 2.07 bits per heavy atom. The van der Waals surface area contributed by atoms with Crippen molar-refractivity contribution in [3.63, 3.8) is 0 Å². The molecule has 0 fully saturated rings. The predicted molar refractivity (Wildman–Crippen MR) is 106 cm³/mol. The van der Waals surface area contributed by atoms with E-state index < -0.39 is 9.85 Å². The fraction of sp³-hybridized carbons (Fsp3) is 0. The van der Waals surface area contributed by atoms with Gasteiger partial charge in [-0.3, -0.25) is 25.2 Å². The van der Waals surface area contributed by atoms with Crippen LogP contribution in [-0.4, -0.2) is 24.8 Å². The van der Waals surface area contributed by atoms with Gasteiger partial charge in [0, 0.05) is 41.6 Å². The summed E-state index contributed by atoms with van der Waals surface area (Å²) in [6, 6.07) is 17.5. The summed E-state index contributed by atoms with van der Waals surface area (Å²) < 4.78 is 0. The maximum atomic E-state index is 11.2. The van der Waals surface area contributed by atoms with E-state index in [1.165, 1.54) is 24.3 Å². The van der Waals surface area contributed by atoms with Crippen LogP contribution >= 0.6 is 0 Å². The van der Waals surface area contributed by atoms with E-state index in [0.29, 0.717) is 34.0 Å². The molecule has 29 heavy (non-hydrogen) atoms. The molecule has 0 aliphatic carbocycles. The molecule has 2 aromatic carbocycles. The highest BCUT2D eigenvalue weighted by molar-refractivity contribution is 5.82. The van der Waals surface area contributed by atoms with Gasteiger partial charge < -0.3 is 4.98 Å². The van der Waals surface area contributed by atoms with Gasteiger partial charge in [0.2, 0.25) is 0 Å². The highest BCUT2D eigenvalue weighted by Crippen LogP contribution is 2.35. The van der Waals surface area contributed by atoms with Crippen molar-refractivity contribution < 1.29 is 9.85 Å². The van der Waals surface area contributed by atoms with Crippen molar-refractivity contribution in [2.24, 2.45) is 0 Å². The van der Waals surface area contributed by atoms with Gasteiger partial charge >= 0.3 is 0 Å². The molecule has 0 unspecified atom stereocenters. The SMILES string of the molecule is O=[N+]([O-])c1cccc(-c2nc(-c3ccccn3)[nH]c2-c2cccc([N+](=O)[O-])c2)c1. The predicted octanol–water partition coefficient (Wildman–Crippen LogP) is 4.62. The Morgan fingerprint density at radius 1 is 0.793 bits per heavy atom.